The topological polar surface area (TPSA) is 35.8 Å². The molecule has 14 heavy (non-hydrogen) atoms. The first-order valence-electron chi connectivity index (χ1n) is 4.99. The van der Waals surface area contributed by atoms with Gasteiger partial charge >= 0.3 is 0 Å². The highest BCUT2D eigenvalue weighted by Crippen LogP contribution is 2.08. The van der Waals surface area contributed by atoms with E-state index in [0.29, 0.717) is 0 Å². The molecule has 1 unspecified atom stereocenters. The first-order chi connectivity index (χ1) is 6.86. The van der Waals surface area contributed by atoms with E-state index >= 15 is 0 Å². The van der Waals surface area contributed by atoms with Crippen LogP contribution in [0.5, 0.6) is 0 Å². The monoisotopic (exact) mass is 208 g/mol. The van der Waals surface area contributed by atoms with Gasteiger partial charge in [-0.1, -0.05) is 13.0 Å². The maximum atomic E-state index is 8.72. The summed E-state index contributed by atoms with van der Waals surface area (Å²) in [5.41, 5.74) is 0. The zero-order valence-corrected chi connectivity index (χ0v) is 9.31. The fourth-order valence-electron chi connectivity index (χ4n) is 1.22. The Kier molecular flexibility index (Phi) is 5.28. The van der Waals surface area contributed by atoms with Crippen LogP contribution in [-0.2, 0) is 6.42 Å². The van der Waals surface area contributed by atoms with E-state index in [9.17, 15) is 0 Å². The Labute approximate surface area is 89.6 Å². The molecule has 76 valence electrons. The van der Waals surface area contributed by atoms with Gasteiger partial charge in [-0.2, -0.15) is 5.26 Å². The Morgan fingerprint density at radius 2 is 2.50 bits per heavy atom. The molecule has 1 N–H and O–H groups in total. The Morgan fingerprint density at radius 3 is 3.07 bits per heavy atom. The molecule has 0 bridgehead atoms. The van der Waals surface area contributed by atoms with E-state index in [2.05, 4.69) is 35.8 Å². The lowest BCUT2D eigenvalue weighted by Crippen LogP contribution is -2.23. The summed E-state index contributed by atoms with van der Waals surface area (Å²) in [4.78, 5) is 1.41. The predicted molar refractivity (Wildman–Crippen MR) is 60.3 cm³/mol. The lowest BCUT2D eigenvalue weighted by Gasteiger charge is -2.06. The number of hydrogen-bond acceptors (Lipinski definition) is 3. The molecule has 1 heterocycles. The molecule has 0 fully saturated rings. The molecule has 1 atom stereocenters. The van der Waals surface area contributed by atoms with Gasteiger partial charge < -0.3 is 5.32 Å². The third-order valence-corrected chi connectivity index (χ3v) is 3.13. The van der Waals surface area contributed by atoms with Crippen molar-refractivity contribution in [1.82, 2.24) is 5.32 Å². The Bertz CT molecular complexity index is 274. The number of nitriles is 1. The maximum Gasteiger partial charge on any atom is 0.0669 e. The molecule has 1 aromatic heterocycles. The molecule has 1 aromatic rings. The van der Waals surface area contributed by atoms with E-state index in [0.717, 1.165) is 25.9 Å². The molecule has 3 heteroatoms. The quantitative estimate of drug-likeness (QED) is 0.729. The van der Waals surface area contributed by atoms with Crippen molar-refractivity contribution in [3.05, 3.63) is 22.4 Å². The Hall–Kier alpha value is -0.850. The molecule has 0 amide bonds. The van der Waals surface area contributed by atoms with Gasteiger partial charge in [0.2, 0.25) is 0 Å². The number of thiophene rings is 1. The normalized spacial score (nSPS) is 12.3. The fraction of sp³-hybridized carbons (Fsp3) is 0.545. The minimum Gasteiger partial charge on any atom is -0.315 e. The summed E-state index contributed by atoms with van der Waals surface area (Å²) in [5.74, 6) is 0.165. The van der Waals surface area contributed by atoms with E-state index in [1.165, 1.54) is 4.88 Å². The van der Waals surface area contributed by atoms with Gasteiger partial charge in [0, 0.05) is 18.0 Å². The summed E-state index contributed by atoms with van der Waals surface area (Å²) >= 11 is 1.79. The van der Waals surface area contributed by atoms with Gasteiger partial charge in [0.15, 0.2) is 0 Å². The van der Waals surface area contributed by atoms with Crippen LogP contribution in [0.2, 0.25) is 0 Å². The maximum absolute atomic E-state index is 8.72. The van der Waals surface area contributed by atoms with Gasteiger partial charge in [-0.3, -0.25) is 0 Å². The van der Waals surface area contributed by atoms with Crippen LogP contribution >= 0.6 is 11.3 Å². The van der Waals surface area contributed by atoms with Crippen molar-refractivity contribution in [1.29, 1.82) is 5.26 Å². The molecule has 2 nitrogen and oxygen atoms in total. The van der Waals surface area contributed by atoms with Crippen molar-refractivity contribution >= 4 is 11.3 Å². The van der Waals surface area contributed by atoms with Gasteiger partial charge in [-0.05, 0) is 24.3 Å². The molecule has 0 aliphatic carbocycles. The van der Waals surface area contributed by atoms with Crippen LogP contribution in [0.15, 0.2) is 17.5 Å². The zero-order valence-electron chi connectivity index (χ0n) is 8.49. The Morgan fingerprint density at radius 1 is 1.64 bits per heavy atom. The van der Waals surface area contributed by atoms with Crippen molar-refractivity contribution in [2.75, 3.05) is 13.1 Å². The van der Waals surface area contributed by atoms with Crippen LogP contribution in [0.3, 0.4) is 0 Å². The molecule has 0 aromatic carbocycles. The molecular formula is C11H16N2S. The average molecular weight is 208 g/mol. The lowest BCUT2D eigenvalue weighted by molar-refractivity contribution is 0.556. The number of nitrogens with one attached hydrogen (secondary N) is 1. The predicted octanol–water partition coefficient (Wildman–Crippen LogP) is 2.43. The smallest absolute Gasteiger partial charge is 0.0669 e. The molecule has 0 saturated heterocycles. The van der Waals surface area contributed by atoms with Crippen LogP contribution in [0, 0.1) is 17.2 Å². The van der Waals surface area contributed by atoms with Crippen LogP contribution in [-0.4, -0.2) is 13.1 Å². The summed E-state index contributed by atoms with van der Waals surface area (Å²) in [7, 11) is 0. The number of hydrogen-bond donors (Lipinski definition) is 1. The third kappa shape index (κ3) is 3.91. The number of nitrogens with zero attached hydrogens (tertiary/aromatic N) is 1. The SMILES string of the molecule is CCC(C#N)CNCCc1cccs1. The van der Waals surface area contributed by atoms with Gasteiger partial charge in [0.05, 0.1) is 12.0 Å². The van der Waals surface area contributed by atoms with Crippen LogP contribution in [0.4, 0.5) is 0 Å². The van der Waals surface area contributed by atoms with E-state index in [1.54, 1.807) is 11.3 Å². The molecule has 0 saturated carbocycles. The van der Waals surface area contributed by atoms with Gasteiger partial charge in [-0.15, -0.1) is 11.3 Å². The van der Waals surface area contributed by atoms with Crippen molar-refractivity contribution in [2.24, 2.45) is 5.92 Å². The first kappa shape index (κ1) is 11.2. The molecule has 1 rings (SSSR count). The fourth-order valence-corrected chi connectivity index (χ4v) is 1.93. The highest BCUT2D eigenvalue weighted by atomic mass is 32.1. The second-order valence-electron chi connectivity index (χ2n) is 3.27. The second-order valence-corrected chi connectivity index (χ2v) is 4.30. The highest BCUT2D eigenvalue weighted by molar-refractivity contribution is 7.09. The first-order valence-corrected chi connectivity index (χ1v) is 5.87. The zero-order chi connectivity index (χ0) is 10.2. The molecule has 0 aliphatic heterocycles. The lowest BCUT2D eigenvalue weighted by atomic mass is 10.1. The van der Waals surface area contributed by atoms with E-state index in [4.69, 9.17) is 5.26 Å². The minimum atomic E-state index is 0.165. The summed E-state index contributed by atoms with van der Waals surface area (Å²) < 4.78 is 0. The van der Waals surface area contributed by atoms with Crippen molar-refractivity contribution < 1.29 is 0 Å². The average Bonchev–Trinajstić information content (AvgIpc) is 2.71. The molecular weight excluding hydrogens is 192 g/mol. The summed E-state index contributed by atoms with van der Waals surface area (Å²) in [6.45, 7) is 3.84. The Balaban J connectivity index is 2.08. The van der Waals surface area contributed by atoms with Crippen LogP contribution in [0.1, 0.15) is 18.2 Å². The molecule has 0 spiro atoms. The van der Waals surface area contributed by atoms with E-state index in [-0.39, 0.29) is 5.92 Å². The third-order valence-electron chi connectivity index (χ3n) is 2.19. The van der Waals surface area contributed by atoms with Crippen LogP contribution in [0.25, 0.3) is 0 Å². The van der Waals surface area contributed by atoms with Crippen LogP contribution < -0.4 is 5.32 Å². The second kappa shape index (κ2) is 6.58. The van der Waals surface area contributed by atoms with Gasteiger partial charge in [0.1, 0.15) is 0 Å². The van der Waals surface area contributed by atoms with E-state index in [1.807, 2.05) is 0 Å². The van der Waals surface area contributed by atoms with Crippen molar-refractivity contribution in [3.63, 3.8) is 0 Å². The summed E-state index contributed by atoms with van der Waals surface area (Å²) in [6, 6.07) is 6.51. The highest BCUT2D eigenvalue weighted by Gasteiger charge is 2.02. The van der Waals surface area contributed by atoms with Gasteiger partial charge in [-0.25, -0.2) is 0 Å². The number of rotatable bonds is 6. The van der Waals surface area contributed by atoms with Gasteiger partial charge in [0.25, 0.3) is 0 Å². The summed E-state index contributed by atoms with van der Waals surface area (Å²) in [5, 5.41) is 14.1. The van der Waals surface area contributed by atoms with E-state index < -0.39 is 0 Å². The minimum absolute atomic E-state index is 0.165. The molecule has 0 radical (unpaired) electrons. The van der Waals surface area contributed by atoms with Crippen molar-refractivity contribution in [2.45, 2.75) is 19.8 Å². The standard InChI is InChI=1S/C11H16N2S/c1-2-10(8-12)9-13-6-5-11-4-3-7-14-11/h3-4,7,10,13H,2,5-6,9H2,1H3. The summed E-state index contributed by atoms with van der Waals surface area (Å²) in [6.07, 6.45) is 2.00. The van der Waals surface area contributed by atoms with Crippen molar-refractivity contribution in [3.8, 4) is 6.07 Å². The largest absolute Gasteiger partial charge is 0.315 e. The molecule has 0 aliphatic rings.